The molecule has 1 heterocycles. The molecule has 0 spiro atoms. The Labute approximate surface area is 111 Å². The second kappa shape index (κ2) is 5.00. The molecule has 0 aliphatic carbocycles. The monoisotopic (exact) mass is 265 g/mol. The predicted octanol–water partition coefficient (Wildman–Crippen LogP) is 2.52. The Balaban J connectivity index is 2.65. The van der Waals surface area contributed by atoms with Crippen molar-refractivity contribution < 1.29 is 4.74 Å². The molecule has 0 aliphatic heterocycles. The number of methoxy groups -OCH3 is 1. The first-order valence-electron chi connectivity index (χ1n) is 5.65. The third-order valence-electron chi connectivity index (χ3n) is 3.04. The number of hydrogen-bond acceptors (Lipinski definition) is 3. The van der Waals surface area contributed by atoms with Crippen molar-refractivity contribution in [3.8, 4) is 17.0 Å². The van der Waals surface area contributed by atoms with Crippen LogP contribution in [0, 0.1) is 6.92 Å². The van der Waals surface area contributed by atoms with E-state index in [0.29, 0.717) is 11.6 Å². The Morgan fingerprint density at radius 2 is 2.17 bits per heavy atom. The highest BCUT2D eigenvalue weighted by Gasteiger charge is 2.16. The zero-order chi connectivity index (χ0) is 13.3. The summed E-state index contributed by atoms with van der Waals surface area (Å²) in [5.74, 6) is 0.754. The summed E-state index contributed by atoms with van der Waals surface area (Å²) >= 11 is 6.04. The molecule has 0 amide bonds. The molecule has 96 valence electrons. The zero-order valence-electron chi connectivity index (χ0n) is 10.7. The SMILES string of the molecule is COc1ccc(Cl)cc1-c1nn(C)c(CN)c1C. The van der Waals surface area contributed by atoms with Gasteiger partial charge in [-0.05, 0) is 30.7 Å². The second-order valence-corrected chi connectivity index (χ2v) is 4.53. The molecule has 0 aliphatic rings. The van der Waals surface area contributed by atoms with Crippen LogP contribution in [0.5, 0.6) is 5.75 Å². The number of rotatable bonds is 3. The van der Waals surface area contributed by atoms with Crippen molar-refractivity contribution >= 4 is 11.6 Å². The molecule has 18 heavy (non-hydrogen) atoms. The standard InChI is InChI=1S/C13H16ClN3O/c1-8-11(7-15)17(2)16-13(8)10-6-9(14)4-5-12(10)18-3/h4-6H,7,15H2,1-3H3. The van der Waals surface area contributed by atoms with E-state index in [1.807, 2.05) is 26.1 Å². The summed E-state index contributed by atoms with van der Waals surface area (Å²) in [7, 11) is 3.52. The Bertz CT molecular complexity index is 578. The molecular formula is C13H16ClN3O. The van der Waals surface area contributed by atoms with Crippen LogP contribution in [0.1, 0.15) is 11.3 Å². The Kier molecular flexibility index (Phi) is 3.59. The van der Waals surface area contributed by atoms with Gasteiger partial charge in [-0.2, -0.15) is 5.10 Å². The third kappa shape index (κ3) is 2.09. The highest BCUT2D eigenvalue weighted by molar-refractivity contribution is 6.31. The third-order valence-corrected chi connectivity index (χ3v) is 3.27. The van der Waals surface area contributed by atoms with Gasteiger partial charge in [0.2, 0.25) is 0 Å². The van der Waals surface area contributed by atoms with Crippen LogP contribution in [0.4, 0.5) is 0 Å². The van der Waals surface area contributed by atoms with Gasteiger partial charge in [0.15, 0.2) is 0 Å². The summed E-state index contributed by atoms with van der Waals surface area (Å²) in [5, 5.41) is 5.16. The van der Waals surface area contributed by atoms with Crippen molar-refractivity contribution in [2.45, 2.75) is 13.5 Å². The van der Waals surface area contributed by atoms with Crippen LogP contribution < -0.4 is 10.5 Å². The lowest BCUT2D eigenvalue weighted by molar-refractivity contribution is 0.416. The van der Waals surface area contributed by atoms with E-state index >= 15 is 0 Å². The quantitative estimate of drug-likeness (QED) is 0.928. The van der Waals surface area contributed by atoms with Crippen molar-refractivity contribution in [2.24, 2.45) is 12.8 Å². The average molecular weight is 266 g/mol. The molecule has 4 nitrogen and oxygen atoms in total. The lowest BCUT2D eigenvalue weighted by atomic mass is 10.1. The van der Waals surface area contributed by atoms with Gasteiger partial charge in [0.05, 0.1) is 18.5 Å². The molecule has 2 rings (SSSR count). The molecule has 0 saturated heterocycles. The summed E-state index contributed by atoms with van der Waals surface area (Å²) < 4.78 is 7.15. The smallest absolute Gasteiger partial charge is 0.128 e. The number of benzene rings is 1. The van der Waals surface area contributed by atoms with E-state index < -0.39 is 0 Å². The normalized spacial score (nSPS) is 10.7. The van der Waals surface area contributed by atoms with Crippen molar-refractivity contribution in [1.29, 1.82) is 0 Å². The topological polar surface area (TPSA) is 53.1 Å². The average Bonchev–Trinajstić information content (AvgIpc) is 2.64. The van der Waals surface area contributed by atoms with Gasteiger partial charge in [-0.3, -0.25) is 4.68 Å². The lowest BCUT2D eigenvalue weighted by Gasteiger charge is -2.07. The van der Waals surface area contributed by atoms with E-state index in [1.54, 1.807) is 17.9 Å². The first-order chi connectivity index (χ1) is 8.58. The van der Waals surface area contributed by atoms with Crippen LogP contribution in [0.15, 0.2) is 18.2 Å². The Morgan fingerprint density at radius 1 is 1.44 bits per heavy atom. The fraction of sp³-hybridized carbons (Fsp3) is 0.308. The van der Waals surface area contributed by atoms with Crippen LogP contribution in [-0.2, 0) is 13.6 Å². The maximum atomic E-state index is 6.04. The molecule has 2 N–H and O–H groups in total. The lowest BCUT2D eigenvalue weighted by Crippen LogP contribution is -2.05. The number of nitrogens with two attached hydrogens (primary N) is 1. The minimum absolute atomic E-state index is 0.457. The molecule has 0 saturated carbocycles. The van der Waals surface area contributed by atoms with Crippen LogP contribution in [0.3, 0.4) is 0 Å². The highest BCUT2D eigenvalue weighted by atomic mass is 35.5. The minimum Gasteiger partial charge on any atom is -0.496 e. The van der Waals surface area contributed by atoms with Crippen molar-refractivity contribution in [1.82, 2.24) is 9.78 Å². The summed E-state index contributed by atoms with van der Waals surface area (Å²) in [4.78, 5) is 0. The summed E-state index contributed by atoms with van der Waals surface area (Å²) in [6.45, 7) is 2.46. The molecule has 0 radical (unpaired) electrons. The van der Waals surface area contributed by atoms with Gasteiger partial charge in [0.1, 0.15) is 5.75 Å². The number of nitrogens with zero attached hydrogens (tertiary/aromatic N) is 2. The second-order valence-electron chi connectivity index (χ2n) is 4.09. The molecular weight excluding hydrogens is 250 g/mol. The van der Waals surface area contributed by atoms with Crippen LogP contribution in [0.2, 0.25) is 5.02 Å². The maximum absolute atomic E-state index is 6.04. The van der Waals surface area contributed by atoms with E-state index in [4.69, 9.17) is 22.1 Å². The summed E-state index contributed by atoms with van der Waals surface area (Å²) in [5.41, 5.74) is 9.53. The molecule has 0 atom stereocenters. The first kappa shape index (κ1) is 12.9. The molecule has 1 aromatic heterocycles. The molecule has 1 aromatic carbocycles. The van der Waals surface area contributed by atoms with Gasteiger partial charge < -0.3 is 10.5 Å². The highest BCUT2D eigenvalue weighted by Crippen LogP contribution is 2.34. The largest absolute Gasteiger partial charge is 0.496 e. The predicted molar refractivity (Wildman–Crippen MR) is 72.8 cm³/mol. The van der Waals surface area contributed by atoms with Crippen LogP contribution in [-0.4, -0.2) is 16.9 Å². The summed E-state index contributed by atoms with van der Waals surface area (Å²) in [6.07, 6.45) is 0. The molecule has 0 unspecified atom stereocenters. The zero-order valence-corrected chi connectivity index (χ0v) is 11.5. The van der Waals surface area contributed by atoms with Gasteiger partial charge in [0.25, 0.3) is 0 Å². The van der Waals surface area contributed by atoms with Gasteiger partial charge in [-0.1, -0.05) is 11.6 Å². The van der Waals surface area contributed by atoms with Crippen molar-refractivity contribution in [2.75, 3.05) is 7.11 Å². The fourth-order valence-electron chi connectivity index (χ4n) is 2.07. The van der Waals surface area contributed by atoms with Gasteiger partial charge >= 0.3 is 0 Å². The number of ether oxygens (including phenoxy) is 1. The van der Waals surface area contributed by atoms with Gasteiger partial charge in [-0.25, -0.2) is 0 Å². The van der Waals surface area contributed by atoms with E-state index in [-0.39, 0.29) is 0 Å². The van der Waals surface area contributed by atoms with E-state index in [2.05, 4.69) is 5.10 Å². The molecule has 5 heteroatoms. The van der Waals surface area contributed by atoms with Crippen LogP contribution in [0.25, 0.3) is 11.3 Å². The fourth-order valence-corrected chi connectivity index (χ4v) is 2.24. The molecule has 0 fully saturated rings. The van der Waals surface area contributed by atoms with Crippen LogP contribution >= 0.6 is 11.6 Å². The number of aryl methyl sites for hydroxylation is 1. The Hall–Kier alpha value is -1.52. The Morgan fingerprint density at radius 3 is 2.72 bits per heavy atom. The van der Waals surface area contributed by atoms with Crippen molar-refractivity contribution in [3.05, 3.63) is 34.5 Å². The number of aromatic nitrogens is 2. The van der Waals surface area contributed by atoms with E-state index in [1.165, 1.54) is 0 Å². The summed E-state index contributed by atoms with van der Waals surface area (Å²) in [6, 6.07) is 5.50. The van der Waals surface area contributed by atoms with E-state index in [0.717, 1.165) is 28.3 Å². The van der Waals surface area contributed by atoms with Crippen molar-refractivity contribution in [3.63, 3.8) is 0 Å². The van der Waals surface area contributed by atoms with Gasteiger partial charge in [-0.15, -0.1) is 0 Å². The number of hydrogen-bond donors (Lipinski definition) is 1. The molecule has 2 aromatic rings. The van der Waals surface area contributed by atoms with E-state index in [9.17, 15) is 0 Å². The molecule has 0 bridgehead atoms. The first-order valence-corrected chi connectivity index (χ1v) is 6.02. The van der Waals surface area contributed by atoms with Gasteiger partial charge in [0, 0.05) is 24.2 Å². The number of halogens is 1. The minimum atomic E-state index is 0.457. The maximum Gasteiger partial charge on any atom is 0.128 e.